The van der Waals surface area contributed by atoms with Crippen LogP contribution in [0.3, 0.4) is 0 Å². The monoisotopic (exact) mass is 225 g/mol. The van der Waals surface area contributed by atoms with Gasteiger partial charge in [0.25, 0.3) is 0 Å². The average Bonchev–Trinajstić information content (AvgIpc) is 2.23. The summed E-state index contributed by atoms with van der Waals surface area (Å²) in [6.45, 7) is 0. The average molecular weight is 225 g/mol. The molecular formula is C10H6F3N3. The van der Waals surface area contributed by atoms with Crippen LogP contribution in [0.2, 0.25) is 0 Å². The van der Waals surface area contributed by atoms with Crippen LogP contribution >= 0.6 is 0 Å². The fourth-order valence-electron chi connectivity index (χ4n) is 1.20. The lowest BCUT2D eigenvalue weighted by molar-refractivity contribution is 0.496. The topological polar surface area (TPSA) is 51.8 Å². The van der Waals surface area contributed by atoms with E-state index in [1.165, 1.54) is 12.3 Å². The van der Waals surface area contributed by atoms with Crippen LogP contribution < -0.4 is 5.73 Å². The maximum absolute atomic E-state index is 13.3. The summed E-state index contributed by atoms with van der Waals surface area (Å²) in [6.07, 6.45) is 1.30. The van der Waals surface area contributed by atoms with Crippen molar-refractivity contribution >= 4 is 5.82 Å². The molecule has 0 aliphatic rings. The van der Waals surface area contributed by atoms with E-state index < -0.39 is 17.5 Å². The Morgan fingerprint density at radius 2 is 1.69 bits per heavy atom. The van der Waals surface area contributed by atoms with E-state index in [0.29, 0.717) is 12.1 Å². The number of anilines is 1. The number of rotatable bonds is 1. The number of nitrogen functional groups attached to an aromatic ring is 1. The van der Waals surface area contributed by atoms with Crippen molar-refractivity contribution in [1.82, 2.24) is 9.97 Å². The van der Waals surface area contributed by atoms with Crippen LogP contribution in [0.5, 0.6) is 0 Å². The molecule has 1 aromatic heterocycles. The van der Waals surface area contributed by atoms with Gasteiger partial charge >= 0.3 is 0 Å². The van der Waals surface area contributed by atoms with Gasteiger partial charge in [0, 0.05) is 12.3 Å². The van der Waals surface area contributed by atoms with Crippen LogP contribution in [0.1, 0.15) is 0 Å². The van der Waals surface area contributed by atoms with Crippen LogP contribution in [0.15, 0.2) is 24.4 Å². The molecule has 2 aromatic rings. The minimum Gasteiger partial charge on any atom is -0.384 e. The summed E-state index contributed by atoms with van der Waals surface area (Å²) in [7, 11) is 0. The molecule has 0 saturated heterocycles. The summed E-state index contributed by atoms with van der Waals surface area (Å²) < 4.78 is 38.9. The number of halogens is 3. The molecule has 0 atom stereocenters. The van der Waals surface area contributed by atoms with E-state index >= 15 is 0 Å². The second-order valence-electron chi connectivity index (χ2n) is 3.05. The molecule has 6 heteroatoms. The predicted molar refractivity (Wildman–Crippen MR) is 51.8 cm³/mol. The van der Waals surface area contributed by atoms with Gasteiger partial charge in [-0.25, -0.2) is 23.1 Å². The van der Waals surface area contributed by atoms with E-state index in [9.17, 15) is 13.2 Å². The lowest BCUT2D eigenvalue weighted by Crippen LogP contribution is -1.98. The Morgan fingerprint density at radius 3 is 2.38 bits per heavy atom. The van der Waals surface area contributed by atoms with Gasteiger partial charge in [-0.15, -0.1) is 0 Å². The Kier molecular flexibility index (Phi) is 2.47. The van der Waals surface area contributed by atoms with E-state index in [1.54, 1.807) is 0 Å². The van der Waals surface area contributed by atoms with E-state index in [0.717, 1.165) is 0 Å². The highest BCUT2D eigenvalue weighted by atomic mass is 19.2. The quantitative estimate of drug-likeness (QED) is 0.756. The molecule has 0 aliphatic carbocycles. The third-order valence-electron chi connectivity index (χ3n) is 1.93. The molecule has 0 saturated carbocycles. The van der Waals surface area contributed by atoms with Crippen molar-refractivity contribution in [3.05, 3.63) is 41.8 Å². The second-order valence-corrected chi connectivity index (χ2v) is 3.05. The van der Waals surface area contributed by atoms with E-state index in [1.807, 2.05) is 0 Å². The molecule has 0 spiro atoms. The molecular weight excluding hydrogens is 219 g/mol. The van der Waals surface area contributed by atoms with Gasteiger partial charge in [0.15, 0.2) is 17.5 Å². The highest BCUT2D eigenvalue weighted by Crippen LogP contribution is 2.22. The first kappa shape index (κ1) is 10.4. The standard InChI is InChI=1S/C10H6F3N3/c11-6-4-8(13)7(12)3-5(6)10-15-2-1-9(14)16-10/h1-4H,(H2,14,15,16). The van der Waals surface area contributed by atoms with Crippen LogP contribution in [-0.4, -0.2) is 9.97 Å². The number of benzene rings is 1. The van der Waals surface area contributed by atoms with Gasteiger partial charge in [0.1, 0.15) is 11.6 Å². The molecule has 0 aliphatic heterocycles. The van der Waals surface area contributed by atoms with E-state index in [2.05, 4.69) is 9.97 Å². The molecule has 0 radical (unpaired) electrons. The molecule has 2 N–H and O–H groups in total. The van der Waals surface area contributed by atoms with Gasteiger partial charge in [-0.3, -0.25) is 0 Å². The van der Waals surface area contributed by atoms with Gasteiger partial charge < -0.3 is 5.73 Å². The maximum atomic E-state index is 13.3. The summed E-state index contributed by atoms with van der Waals surface area (Å²) in [5.74, 6) is -3.33. The minimum absolute atomic E-state index is 0.0867. The van der Waals surface area contributed by atoms with Gasteiger partial charge in [0.05, 0.1) is 5.56 Å². The predicted octanol–water partition coefficient (Wildman–Crippen LogP) is 2.14. The Morgan fingerprint density at radius 1 is 1.00 bits per heavy atom. The Balaban J connectivity index is 2.60. The molecule has 1 aromatic carbocycles. The van der Waals surface area contributed by atoms with Crippen LogP contribution in [0.25, 0.3) is 11.4 Å². The zero-order valence-electron chi connectivity index (χ0n) is 7.92. The van der Waals surface area contributed by atoms with Gasteiger partial charge in [-0.2, -0.15) is 0 Å². The SMILES string of the molecule is Nc1ccnc(-c2cc(F)c(F)cc2F)n1. The Bertz CT molecular complexity index is 543. The number of nitrogens with zero attached hydrogens (tertiary/aromatic N) is 2. The molecule has 16 heavy (non-hydrogen) atoms. The molecule has 82 valence electrons. The zero-order valence-corrected chi connectivity index (χ0v) is 7.92. The van der Waals surface area contributed by atoms with Crippen molar-refractivity contribution in [2.45, 2.75) is 0 Å². The largest absolute Gasteiger partial charge is 0.384 e. The van der Waals surface area contributed by atoms with Crippen LogP contribution in [0.4, 0.5) is 19.0 Å². The lowest BCUT2D eigenvalue weighted by Gasteiger charge is -2.03. The molecule has 0 unspecified atom stereocenters. The van der Waals surface area contributed by atoms with Crippen molar-refractivity contribution in [3.63, 3.8) is 0 Å². The number of nitrogens with two attached hydrogens (primary N) is 1. The lowest BCUT2D eigenvalue weighted by atomic mass is 10.2. The summed E-state index contributed by atoms with van der Waals surface area (Å²) in [5, 5.41) is 0. The third-order valence-corrected chi connectivity index (χ3v) is 1.93. The first-order valence-electron chi connectivity index (χ1n) is 4.31. The van der Waals surface area contributed by atoms with Gasteiger partial charge in [0.2, 0.25) is 0 Å². The fourth-order valence-corrected chi connectivity index (χ4v) is 1.20. The van der Waals surface area contributed by atoms with Crippen molar-refractivity contribution in [2.75, 3.05) is 5.73 Å². The summed E-state index contributed by atoms with van der Waals surface area (Å²) >= 11 is 0. The summed E-state index contributed by atoms with van der Waals surface area (Å²) in [4.78, 5) is 7.43. The first-order chi connectivity index (χ1) is 7.58. The van der Waals surface area contributed by atoms with Crippen molar-refractivity contribution in [3.8, 4) is 11.4 Å². The summed E-state index contributed by atoms with van der Waals surface area (Å²) in [5.41, 5.74) is 5.14. The Labute approximate surface area is 88.8 Å². The summed E-state index contributed by atoms with van der Waals surface area (Å²) in [6, 6.07) is 2.54. The molecule has 0 bridgehead atoms. The van der Waals surface area contributed by atoms with Crippen LogP contribution in [-0.2, 0) is 0 Å². The van der Waals surface area contributed by atoms with Gasteiger partial charge in [-0.05, 0) is 12.1 Å². The van der Waals surface area contributed by atoms with E-state index in [-0.39, 0.29) is 17.2 Å². The highest BCUT2D eigenvalue weighted by molar-refractivity contribution is 5.57. The van der Waals surface area contributed by atoms with Crippen LogP contribution in [0, 0.1) is 17.5 Å². The number of hydrogen-bond acceptors (Lipinski definition) is 3. The van der Waals surface area contributed by atoms with Crippen molar-refractivity contribution in [1.29, 1.82) is 0 Å². The van der Waals surface area contributed by atoms with E-state index in [4.69, 9.17) is 5.73 Å². The highest BCUT2D eigenvalue weighted by Gasteiger charge is 2.13. The maximum Gasteiger partial charge on any atom is 0.164 e. The van der Waals surface area contributed by atoms with Gasteiger partial charge in [-0.1, -0.05) is 0 Å². The molecule has 0 fully saturated rings. The number of aromatic nitrogens is 2. The zero-order chi connectivity index (χ0) is 11.7. The molecule has 1 heterocycles. The first-order valence-corrected chi connectivity index (χ1v) is 4.31. The normalized spacial score (nSPS) is 10.4. The molecule has 3 nitrogen and oxygen atoms in total. The smallest absolute Gasteiger partial charge is 0.164 e. The second kappa shape index (κ2) is 3.80. The fraction of sp³-hybridized carbons (Fsp3) is 0. The van der Waals surface area contributed by atoms with Crippen molar-refractivity contribution in [2.24, 2.45) is 0 Å². The van der Waals surface area contributed by atoms with Crippen molar-refractivity contribution < 1.29 is 13.2 Å². The third kappa shape index (κ3) is 1.81. The number of hydrogen-bond donors (Lipinski definition) is 1. The minimum atomic E-state index is -1.26. The Hall–Kier alpha value is -2.11. The molecule has 2 rings (SSSR count). The molecule has 0 amide bonds.